The molecule has 1 fully saturated rings. The number of para-hydroxylation sites is 1. The first-order valence-electron chi connectivity index (χ1n) is 11.0. The van der Waals surface area contributed by atoms with Crippen molar-refractivity contribution in [2.75, 3.05) is 57.3 Å². The van der Waals surface area contributed by atoms with Gasteiger partial charge in [-0.2, -0.15) is 0 Å². The van der Waals surface area contributed by atoms with Crippen molar-refractivity contribution in [2.24, 2.45) is 4.99 Å². The second kappa shape index (κ2) is 14.3. The van der Waals surface area contributed by atoms with E-state index in [0.29, 0.717) is 0 Å². The molecule has 0 saturated carbocycles. The van der Waals surface area contributed by atoms with Crippen molar-refractivity contribution in [2.45, 2.75) is 26.3 Å². The molecule has 1 aliphatic heterocycles. The number of aliphatic imine (C=N–C) groups is 1. The molecule has 0 aliphatic carbocycles. The Morgan fingerprint density at radius 3 is 2.33 bits per heavy atom. The van der Waals surface area contributed by atoms with E-state index in [9.17, 15) is 0 Å². The summed E-state index contributed by atoms with van der Waals surface area (Å²) in [6.45, 7) is 11.4. The van der Waals surface area contributed by atoms with Crippen LogP contribution in [0.4, 0.5) is 5.69 Å². The minimum atomic E-state index is 0. The first-order valence-corrected chi connectivity index (χ1v) is 11.0. The Labute approximate surface area is 198 Å². The number of guanidine groups is 1. The van der Waals surface area contributed by atoms with Gasteiger partial charge in [-0.1, -0.05) is 18.2 Å². The third-order valence-electron chi connectivity index (χ3n) is 5.32. The maximum absolute atomic E-state index is 4.73. The van der Waals surface area contributed by atoms with Crippen LogP contribution in [0.5, 0.6) is 0 Å². The molecule has 0 amide bonds. The second-order valence-electron chi connectivity index (χ2n) is 7.48. The van der Waals surface area contributed by atoms with Crippen LogP contribution in [0, 0.1) is 0 Å². The monoisotopic (exact) mass is 524 g/mol. The van der Waals surface area contributed by atoms with Gasteiger partial charge in [-0.05, 0) is 50.6 Å². The first-order chi connectivity index (χ1) is 14.3. The summed E-state index contributed by atoms with van der Waals surface area (Å²) in [5.74, 6) is 0.927. The Morgan fingerprint density at radius 2 is 1.63 bits per heavy atom. The fourth-order valence-electron chi connectivity index (χ4n) is 3.67. The number of anilines is 1. The Bertz CT molecular complexity index is 696. The highest BCUT2D eigenvalue weighted by Crippen LogP contribution is 2.15. The van der Waals surface area contributed by atoms with Gasteiger partial charge in [0.15, 0.2) is 5.96 Å². The Kier molecular flexibility index (Phi) is 11.7. The molecule has 0 radical (unpaired) electrons. The van der Waals surface area contributed by atoms with Crippen LogP contribution in [0.15, 0.2) is 59.9 Å². The number of hydrogen-bond acceptors (Lipinski definition) is 3. The maximum atomic E-state index is 4.73. The van der Waals surface area contributed by atoms with Crippen LogP contribution in [0.25, 0.3) is 0 Å². The molecule has 0 unspecified atom stereocenters. The molecule has 0 bridgehead atoms. The average molecular weight is 524 g/mol. The summed E-state index contributed by atoms with van der Waals surface area (Å²) in [6.07, 6.45) is 6.52. The normalized spacial score (nSPS) is 15.0. The van der Waals surface area contributed by atoms with E-state index >= 15 is 0 Å². The minimum absolute atomic E-state index is 0. The van der Waals surface area contributed by atoms with Crippen LogP contribution in [0.3, 0.4) is 0 Å². The number of hydrogen-bond donors (Lipinski definition) is 2. The standard InChI is InChI=1S/C23H36N6.HI/c1-2-24-23(26-13-17-27-15-8-9-16-27)25-12-6-7-14-28-18-20-29(21-19-28)22-10-4-3-5-11-22;/h3-5,8-11,15-16H,2,6-7,12-14,17-21H2,1H3,(H2,24,25,26);1H. The van der Waals surface area contributed by atoms with Crippen LogP contribution in [0.2, 0.25) is 0 Å². The van der Waals surface area contributed by atoms with Gasteiger partial charge in [0.25, 0.3) is 0 Å². The zero-order valence-electron chi connectivity index (χ0n) is 18.2. The predicted octanol–water partition coefficient (Wildman–Crippen LogP) is 3.26. The third kappa shape index (κ3) is 8.55. The summed E-state index contributed by atoms with van der Waals surface area (Å²) in [5.41, 5.74) is 1.35. The molecule has 30 heavy (non-hydrogen) atoms. The van der Waals surface area contributed by atoms with Crippen LogP contribution in [-0.4, -0.2) is 67.8 Å². The van der Waals surface area contributed by atoms with E-state index < -0.39 is 0 Å². The van der Waals surface area contributed by atoms with Gasteiger partial charge in [0, 0.05) is 70.4 Å². The van der Waals surface area contributed by atoms with Gasteiger partial charge in [0.05, 0.1) is 0 Å². The molecule has 0 spiro atoms. The predicted molar refractivity (Wildman–Crippen MR) is 138 cm³/mol. The smallest absolute Gasteiger partial charge is 0.191 e. The topological polar surface area (TPSA) is 47.8 Å². The molecule has 1 saturated heterocycles. The van der Waals surface area contributed by atoms with E-state index in [0.717, 1.165) is 64.7 Å². The first kappa shape index (κ1) is 24.5. The van der Waals surface area contributed by atoms with Crippen LogP contribution >= 0.6 is 24.0 Å². The lowest BCUT2D eigenvalue weighted by Gasteiger charge is -2.36. The van der Waals surface area contributed by atoms with E-state index in [2.05, 4.69) is 86.8 Å². The van der Waals surface area contributed by atoms with Crippen molar-refractivity contribution in [1.82, 2.24) is 20.1 Å². The molecule has 1 aromatic carbocycles. The van der Waals surface area contributed by atoms with Gasteiger partial charge in [-0.3, -0.25) is 9.89 Å². The Morgan fingerprint density at radius 1 is 0.900 bits per heavy atom. The van der Waals surface area contributed by atoms with Crippen LogP contribution in [0.1, 0.15) is 19.8 Å². The van der Waals surface area contributed by atoms with Gasteiger partial charge in [0.1, 0.15) is 0 Å². The second-order valence-corrected chi connectivity index (χ2v) is 7.48. The highest BCUT2D eigenvalue weighted by atomic mass is 127. The number of aromatic nitrogens is 1. The number of halogens is 1. The van der Waals surface area contributed by atoms with Gasteiger partial charge in [-0.25, -0.2) is 0 Å². The highest BCUT2D eigenvalue weighted by Gasteiger charge is 2.16. The van der Waals surface area contributed by atoms with Gasteiger partial charge in [0.2, 0.25) is 0 Å². The molecule has 2 aromatic rings. The molecule has 2 heterocycles. The number of nitrogens with one attached hydrogen (secondary N) is 2. The van der Waals surface area contributed by atoms with Crippen molar-refractivity contribution >= 4 is 35.6 Å². The lowest BCUT2D eigenvalue weighted by atomic mass is 10.2. The number of benzene rings is 1. The molecule has 1 aliphatic rings. The third-order valence-corrected chi connectivity index (χ3v) is 5.32. The summed E-state index contributed by atoms with van der Waals surface area (Å²) in [7, 11) is 0. The fourth-order valence-corrected chi connectivity index (χ4v) is 3.67. The molecule has 166 valence electrons. The van der Waals surface area contributed by atoms with E-state index in [1.807, 2.05) is 0 Å². The van der Waals surface area contributed by atoms with Crippen molar-refractivity contribution < 1.29 is 0 Å². The quantitative estimate of drug-likeness (QED) is 0.217. The molecular formula is C23H37IN6. The Balaban J connectivity index is 0.00000320. The van der Waals surface area contributed by atoms with E-state index in [4.69, 9.17) is 4.99 Å². The lowest BCUT2D eigenvalue weighted by molar-refractivity contribution is 0.253. The Hall–Kier alpha value is -1.74. The van der Waals surface area contributed by atoms with Crippen molar-refractivity contribution in [3.8, 4) is 0 Å². The summed E-state index contributed by atoms with van der Waals surface area (Å²) >= 11 is 0. The molecule has 7 heteroatoms. The van der Waals surface area contributed by atoms with E-state index in [1.165, 1.54) is 18.7 Å². The number of unbranched alkanes of at least 4 members (excludes halogenated alkanes) is 1. The number of piperazine rings is 1. The van der Waals surface area contributed by atoms with E-state index in [-0.39, 0.29) is 24.0 Å². The largest absolute Gasteiger partial charge is 0.369 e. The van der Waals surface area contributed by atoms with Gasteiger partial charge >= 0.3 is 0 Å². The van der Waals surface area contributed by atoms with Gasteiger partial charge in [-0.15, -0.1) is 24.0 Å². The molecular weight excluding hydrogens is 487 g/mol. The molecule has 0 atom stereocenters. The summed E-state index contributed by atoms with van der Waals surface area (Å²) in [4.78, 5) is 9.80. The lowest BCUT2D eigenvalue weighted by Crippen LogP contribution is -2.46. The average Bonchev–Trinajstić information content (AvgIpc) is 3.28. The number of nitrogens with zero attached hydrogens (tertiary/aromatic N) is 4. The van der Waals surface area contributed by atoms with Crippen LogP contribution < -0.4 is 15.5 Å². The fraction of sp³-hybridized carbons (Fsp3) is 0.522. The molecule has 6 nitrogen and oxygen atoms in total. The molecule has 2 N–H and O–H groups in total. The van der Waals surface area contributed by atoms with Crippen LogP contribution in [-0.2, 0) is 6.54 Å². The summed E-state index contributed by atoms with van der Waals surface area (Å²) in [5, 5.41) is 6.76. The minimum Gasteiger partial charge on any atom is -0.369 e. The van der Waals surface area contributed by atoms with Crippen molar-refractivity contribution in [3.05, 3.63) is 54.9 Å². The van der Waals surface area contributed by atoms with E-state index in [1.54, 1.807) is 0 Å². The number of rotatable bonds is 10. The van der Waals surface area contributed by atoms with Crippen molar-refractivity contribution in [3.63, 3.8) is 0 Å². The zero-order valence-corrected chi connectivity index (χ0v) is 20.5. The summed E-state index contributed by atoms with van der Waals surface area (Å²) in [6, 6.07) is 14.9. The SMILES string of the molecule is CCNC(=NCCCCN1CCN(c2ccccc2)CC1)NCCn1cccc1.I. The maximum Gasteiger partial charge on any atom is 0.191 e. The van der Waals surface area contributed by atoms with Crippen molar-refractivity contribution in [1.29, 1.82) is 0 Å². The molecule has 1 aromatic heterocycles. The molecule has 3 rings (SSSR count). The zero-order chi connectivity index (χ0) is 20.2. The van der Waals surface area contributed by atoms with Gasteiger partial charge < -0.3 is 20.1 Å². The highest BCUT2D eigenvalue weighted by molar-refractivity contribution is 14.0. The summed E-state index contributed by atoms with van der Waals surface area (Å²) < 4.78 is 2.17.